The summed E-state index contributed by atoms with van der Waals surface area (Å²) in [5, 5.41) is 9.23. The van der Waals surface area contributed by atoms with E-state index in [4.69, 9.17) is 9.72 Å². The fraction of sp³-hybridized carbons (Fsp3) is 0.500. The molecule has 2 aromatic rings. The molecule has 2 heterocycles. The van der Waals surface area contributed by atoms with E-state index in [0.29, 0.717) is 18.4 Å². The van der Waals surface area contributed by atoms with Crippen molar-refractivity contribution < 1.29 is 9.53 Å². The van der Waals surface area contributed by atoms with E-state index in [9.17, 15) is 4.79 Å². The van der Waals surface area contributed by atoms with Crippen molar-refractivity contribution in [3.05, 3.63) is 35.3 Å². The van der Waals surface area contributed by atoms with Gasteiger partial charge in [0.2, 0.25) is 0 Å². The Labute approximate surface area is 159 Å². The van der Waals surface area contributed by atoms with Gasteiger partial charge in [-0.1, -0.05) is 26.0 Å². The van der Waals surface area contributed by atoms with E-state index in [1.165, 1.54) is 0 Å². The van der Waals surface area contributed by atoms with Gasteiger partial charge in [0.05, 0.1) is 18.0 Å². The van der Waals surface area contributed by atoms with Crippen molar-refractivity contribution in [3.63, 3.8) is 0 Å². The van der Waals surface area contributed by atoms with Gasteiger partial charge in [-0.25, -0.2) is 9.78 Å². The first kappa shape index (κ1) is 18.9. The molecule has 0 saturated carbocycles. The Morgan fingerprint density at radius 3 is 2.88 bits per heavy atom. The number of nitrogens with zero attached hydrogens (tertiary/aromatic N) is 1. The lowest BCUT2D eigenvalue weighted by atomic mass is 9.99. The Bertz CT molecular complexity index is 723. The minimum Gasteiger partial charge on any atom is -0.449 e. The summed E-state index contributed by atoms with van der Waals surface area (Å²) in [5.74, 6) is 1.03. The van der Waals surface area contributed by atoms with Gasteiger partial charge in [-0.15, -0.1) is 11.3 Å². The molecule has 140 valence electrons. The molecule has 0 unspecified atom stereocenters. The molecular formula is C20H27N3O2S. The van der Waals surface area contributed by atoms with E-state index in [2.05, 4.69) is 29.9 Å². The fourth-order valence-electron chi connectivity index (χ4n) is 3.11. The number of hydrogen-bond donors (Lipinski definition) is 2. The number of carbonyl (C=O) groups is 1. The SMILES string of the molecule is CC(C)Cc1csc(-c2ccccc2NC(=O)OCC2CCNCC2)n1. The van der Waals surface area contributed by atoms with Crippen molar-refractivity contribution in [2.75, 3.05) is 25.0 Å². The Morgan fingerprint density at radius 2 is 2.12 bits per heavy atom. The largest absolute Gasteiger partial charge is 0.449 e. The molecule has 0 radical (unpaired) electrons. The van der Waals surface area contributed by atoms with Crippen LogP contribution in [0, 0.1) is 11.8 Å². The molecule has 1 aromatic carbocycles. The number of benzene rings is 1. The maximum absolute atomic E-state index is 12.2. The highest BCUT2D eigenvalue weighted by atomic mass is 32.1. The number of rotatable bonds is 6. The quantitative estimate of drug-likeness (QED) is 0.779. The highest BCUT2D eigenvalue weighted by Gasteiger charge is 2.16. The Balaban J connectivity index is 1.63. The minimum absolute atomic E-state index is 0.394. The molecule has 0 bridgehead atoms. The van der Waals surface area contributed by atoms with Crippen molar-refractivity contribution in [3.8, 4) is 10.6 Å². The van der Waals surface area contributed by atoms with Crippen LogP contribution in [-0.2, 0) is 11.2 Å². The average molecular weight is 374 g/mol. The normalized spacial score (nSPS) is 15.2. The molecule has 1 saturated heterocycles. The van der Waals surface area contributed by atoms with Crippen LogP contribution in [0.25, 0.3) is 10.6 Å². The topological polar surface area (TPSA) is 63.2 Å². The number of thiazole rings is 1. The lowest BCUT2D eigenvalue weighted by molar-refractivity contribution is 0.131. The zero-order valence-corrected chi connectivity index (χ0v) is 16.3. The van der Waals surface area contributed by atoms with Crippen LogP contribution in [-0.4, -0.2) is 30.8 Å². The first-order chi connectivity index (χ1) is 12.6. The van der Waals surface area contributed by atoms with E-state index < -0.39 is 6.09 Å². The molecule has 0 spiro atoms. The molecule has 0 atom stereocenters. The van der Waals surface area contributed by atoms with Gasteiger partial charge in [0.25, 0.3) is 0 Å². The van der Waals surface area contributed by atoms with Crippen LogP contribution in [0.1, 0.15) is 32.4 Å². The summed E-state index contributed by atoms with van der Waals surface area (Å²) in [6.07, 6.45) is 2.68. The summed E-state index contributed by atoms with van der Waals surface area (Å²) in [4.78, 5) is 17.0. The monoisotopic (exact) mass is 373 g/mol. The van der Waals surface area contributed by atoms with Gasteiger partial charge in [-0.2, -0.15) is 0 Å². The zero-order chi connectivity index (χ0) is 18.4. The van der Waals surface area contributed by atoms with E-state index in [-0.39, 0.29) is 0 Å². The third-order valence-corrected chi connectivity index (χ3v) is 5.40. The molecule has 1 aliphatic heterocycles. The number of ether oxygens (including phenoxy) is 1. The molecular weight excluding hydrogens is 346 g/mol. The lowest BCUT2D eigenvalue weighted by Crippen LogP contribution is -2.31. The standard InChI is InChI=1S/C20H27N3O2S/c1-14(2)11-16-13-26-19(22-16)17-5-3-4-6-18(17)23-20(24)25-12-15-7-9-21-10-8-15/h3-6,13-15,21H,7-12H2,1-2H3,(H,23,24). The number of piperidine rings is 1. The van der Waals surface area contributed by atoms with E-state index >= 15 is 0 Å². The molecule has 1 amide bonds. The maximum Gasteiger partial charge on any atom is 0.411 e. The Kier molecular flexibility index (Phi) is 6.63. The second kappa shape index (κ2) is 9.14. The van der Waals surface area contributed by atoms with Crippen LogP contribution in [0.15, 0.2) is 29.6 Å². The first-order valence-electron chi connectivity index (χ1n) is 9.30. The second-order valence-electron chi connectivity index (χ2n) is 7.20. The number of amides is 1. The minimum atomic E-state index is -0.394. The van der Waals surface area contributed by atoms with Crippen LogP contribution in [0.5, 0.6) is 0 Å². The summed E-state index contributed by atoms with van der Waals surface area (Å²) in [6.45, 7) is 6.85. The van der Waals surface area contributed by atoms with E-state index in [1.807, 2.05) is 24.3 Å². The number of carbonyl (C=O) groups excluding carboxylic acids is 1. The van der Waals surface area contributed by atoms with Crippen molar-refractivity contribution in [1.29, 1.82) is 0 Å². The van der Waals surface area contributed by atoms with Crippen molar-refractivity contribution in [1.82, 2.24) is 10.3 Å². The molecule has 1 fully saturated rings. The Morgan fingerprint density at radius 1 is 1.35 bits per heavy atom. The van der Waals surface area contributed by atoms with Crippen molar-refractivity contribution >= 4 is 23.1 Å². The van der Waals surface area contributed by atoms with Crippen molar-refractivity contribution in [2.45, 2.75) is 33.1 Å². The number of nitrogens with one attached hydrogen (secondary N) is 2. The van der Waals surface area contributed by atoms with E-state index in [0.717, 1.165) is 54.3 Å². The molecule has 6 heteroatoms. The summed E-state index contributed by atoms with van der Waals surface area (Å²) in [6, 6.07) is 7.75. The zero-order valence-electron chi connectivity index (χ0n) is 15.5. The smallest absolute Gasteiger partial charge is 0.411 e. The number of para-hydroxylation sites is 1. The van der Waals surface area contributed by atoms with Crippen LogP contribution in [0.4, 0.5) is 10.5 Å². The molecule has 2 N–H and O–H groups in total. The third kappa shape index (κ3) is 5.29. The lowest BCUT2D eigenvalue weighted by Gasteiger charge is -2.22. The maximum atomic E-state index is 12.2. The predicted octanol–water partition coefficient (Wildman–Crippen LogP) is 4.56. The first-order valence-corrected chi connectivity index (χ1v) is 10.2. The van der Waals surface area contributed by atoms with Gasteiger partial charge in [-0.3, -0.25) is 5.32 Å². The van der Waals surface area contributed by atoms with Gasteiger partial charge in [0.1, 0.15) is 5.01 Å². The summed E-state index contributed by atoms with van der Waals surface area (Å²) in [5.41, 5.74) is 2.78. The molecule has 5 nitrogen and oxygen atoms in total. The molecule has 26 heavy (non-hydrogen) atoms. The van der Waals surface area contributed by atoms with Crippen LogP contribution < -0.4 is 10.6 Å². The molecule has 1 aromatic heterocycles. The third-order valence-electron chi connectivity index (χ3n) is 4.47. The Hall–Kier alpha value is -1.92. The number of aromatic nitrogens is 1. The number of hydrogen-bond acceptors (Lipinski definition) is 5. The molecule has 1 aliphatic rings. The van der Waals surface area contributed by atoms with Crippen molar-refractivity contribution in [2.24, 2.45) is 11.8 Å². The van der Waals surface area contributed by atoms with Crippen LogP contribution in [0.2, 0.25) is 0 Å². The van der Waals surface area contributed by atoms with Gasteiger partial charge in [0.15, 0.2) is 0 Å². The average Bonchev–Trinajstić information content (AvgIpc) is 3.09. The summed E-state index contributed by atoms with van der Waals surface area (Å²) in [7, 11) is 0. The molecule has 0 aliphatic carbocycles. The van der Waals surface area contributed by atoms with Gasteiger partial charge in [0, 0.05) is 10.9 Å². The van der Waals surface area contributed by atoms with Gasteiger partial charge < -0.3 is 10.1 Å². The fourth-order valence-corrected chi connectivity index (χ4v) is 3.98. The van der Waals surface area contributed by atoms with Gasteiger partial charge in [-0.05, 0) is 56.3 Å². The predicted molar refractivity (Wildman–Crippen MR) is 107 cm³/mol. The number of anilines is 1. The van der Waals surface area contributed by atoms with Gasteiger partial charge >= 0.3 is 6.09 Å². The highest BCUT2D eigenvalue weighted by molar-refractivity contribution is 7.13. The summed E-state index contributed by atoms with van der Waals surface area (Å²) >= 11 is 1.61. The van der Waals surface area contributed by atoms with E-state index in [1.54, 1.807) is 11.3 Å². The van der Waals surface area contributed by atoms with Crippen LogP contribution in [0.3, 0.4) is 0 Å². The van der Waals surface area contributed by atoms with Crippen LogP contribution >= 0.6 is 11.3 Å². The summed E-state index contributed by atoms with van der Waals surface area (Å²) < 4.78 is 5.44. The molecule has 3 rings (SSSR count). The second-order valence-corrected chi connectivity index (χ2v) is 8.06. The highest BCUT2D eigenvalue weighted by Crippen LogP contribution is 2.31.